The van der Waals surface area contributed by atoms with E-state index in [2.05, 4.69) is 20.9 Å². The van der Waals surface area contributed by atoms with Gasteiger partial charge in [-0.1, -0.05) is 30.2 Å². The number of aryl methyl sites for hydroxylation is 1. The van der Waals surface area contributed by atoms with E-state index in [-0.39, 0.29) is 12.1 Å². The molecular formula is C23H32FN5O5. The van der Waals surface area contributed by atoms with Crippen molar-refractivity contribution in [3.63, 3.8) is 0 Å². The minimum Gasteiger partial charge on any atom is -0.480 e. The zero-order valence-electron chi connectivity index (χ0n) is 19.7. The van der Waals surface area contributed by atoms with Gasteiger partial charge in [-0.15, -0.1) is 5.10 Å². The van der Waals surface area contributed by atoms with E-state index in [1.165, 1.54) is 35.1 Å². The van der Waals surface area contributed by atoms with E-state index in [1.54, 1.807) is 0 Å². The van der Waals surface area contributed by atoms with Crippen LogP contribution in [-0.4, -0.2) is 56.3 Å². The Balaban J connectivity index is 1.70. The maximum Gasteiger partial charge on any atom is 0.407 e. The first-order valence-electron chi connectivity index (χ1n) is 11.2. The van der Waals surface area contributed by atoms with Crippen molar-refractivity contribution in [2.24, 2.45) is 0 Å². The second-order valence-corrected chi connectivity index (χ2v) is 8.90. The predicted octanol–water partition coefficient (Wildman–Crippen LogP) is 2.93. The lowest BCUT2D eigenvalue weighted by Crippen LogP contribution is -2.42. The number of halogens is 1. The maximum atomic E-state index is 13.0. The van der Waals surface area contributed by atoms with Crippen LogP contribution < -0.4 is 10.6 Å². The molecule has 10 nitrogen and oxygen atoms in total. The monoisotopic (exact) mass is 477 g/mol. The SMILES string of the molecule is CC(C)(C)OC(=O)NCCCCCCn1cc(C(=O)N[C@@H](Cc2ccc(F)cc2)C(=O)O)nn1. The zero-order valence-corrected chi connectivity index (χ0v) is 19.7. The molecular weight excluding hydrogens is 445 g/mol. The van der Waals surface area contributed by atoms with Gasteiger partial charge < -0.3 is 20.5 Å². The zero-order chi connectivity index (χ0) is 25.1. The summed E-state index contributed by atoms with van der Waals surface area (Å²) < 4.78 is 19.7. The van der Waals surface area contributed by atoms with Crippen molar-refractivity contribution in [2.45, 2.75) is 71.1 Å². The molecule has 2 aromatic rings. The summed E-state index contributed by atoms with van der Waals surface area (Å²) in [5.41, 5.74) is 0.0837. The van der Waals surface area contributed by atoms with Crippen molar-refractivity contribution in [1.29, 1.82) is 0 Å². The van der Waals surface area contributed by atoms with Crippen molar-refractivity contribution in [1.82, 2.24) is 25.6 Å². The number of ether oxygens (including phenoxy) is 1. The molecule has 0 unspecified atom stereocenters. The lowest BCUT2D eigenvalue weighted by atomic mass is 10.1. The maximum absolute atomic E-state index is 13.0. The topological polar surface area (TPSA) is 135 Å². The fraction of sp³-hybridized carbons (Fsp3) is 0.522. The number of unbranched alkanes of at least 4 members (excludes halogenated alkanes) is 3. The summed E-state index contributed by atoms with van der Waals surface area (Å²) in [6, 6.07) is 4.23. The lowest BCUT2D eigenvalue weighted by molar-refractivity contribution is -0.139. The molecule has 2 amide bonds. The molecule has 0 aliphatic heterocycles. The highest BCUT2D eigenvalue weighted by Gasteiger charge is 2.23. The largest absolute Gasteiger partial charge is 0.480 e. The molecule has 0 radical (unpaired) electrons. The third-order valence-corrected chi connectivity index (χ3v) is 4.71. The van der Waals surface area contributed by atoms with E-state index in [9.17, 15) is 23.9 Å². The quantitative estimate of drug-likeness (QED) is 0.400. The smallest absolute Gasteiger partial charge is 0.407 e. The summed E-state index contributed by atoms with van der Waals surface area (Å²) in [5, 5.41) is 22.3. The van der Waals surface area contributed by atoms with Gasteiger partial charge in [0.05, 0.1) is 6.20 Å². The van der Waals surface area contributed by atoms with Crippen molar-refractivity contribution in [2.75, 3.05) is 6.54 Å². The van der Waals surface area contributed by atoms with Crippen molar-refractivity contribution in [3.05, 3.63) is 47.5 Å². The van der Waals surface area contributed by atoms with Gasteiger partial charge in [0, 0.05) is 19.5 Å². The number of aromatic nitrogens is 3. The highest BCUT2D eigenvalue weighted by molar-refractivity contribution is 5.94. The number of alkyl carbamates (subject to hydrolysis) is 1. The molecule has 1 aromatic carbocycles. The predicted molar refractivity (Wildman–Crippen MR) is 122 cm³/mol. The third kappa shape index (κ3) is 9.97. The Morgan fingerprint density at radius 2 is 1.79 bits per heavy atom. The standard InChI is InChI=1S/C23H32FN5O5/c1-23(2,3)34-22(33)25-12-6-4-5-7-13-29-15-19(27-28-29)20(30)26-18(21(31)32)14-16-8-10-17(24)11-9-16/h8-11,15,18H,4-7,12-14H2,1-3H3,(H,25,33)(H,26,30)(H,31,32)/t18-/m0/s1. The molecule has 11 heteroatoms. The highest BCUT2D eigenvalue weighted by atomic mass is 19.1. The number of carbonyl (C=O) groups is 3. The number of nitrogens with one attached hydrogen (secondary N) is 2. The number of aliphatic carboxylic acids is 1. The van der Waals surface area contributed by atoms with E-state index < -0.39 is 35.4 Å². The molecule has 1 heterocycles. The minimum atomic E-state index is -1.20. The third-order valence-electron chi connectivity index (χ3n) is 4.71. The molecule has 0 saturated heterocycles. The molecule has 0 saturated carbocycles. The van der Waals surface area contributed by atoms with Crippen LogP contribution in [0.25, 0.3) is 0 Å². The Kier molecular flexibility index (Phi) is 9.96. The van der Waals surface area contributed by atoms with Crippen LogP contribution in [0.3, 0.4) is 0 Å². The van der Waals surface area contributed by atoms with Gasteiger partial charge in [-0.3, -0.25) is 9.48 Å². The summed E-state index contributed by atoms with van der Waals surface area (Å²) in [7, 11) is 0. The van der Waals surface area contributed by atoms with E-state index in [1.807, 2.05) is 20.8 Å². The second kappa shape index (κ2) is 12.7. The fourth-order valence-corrected chi connectivity index (χ4v) is 3.06. The van der Waals surface area contributed by atoms with Crippen molar-refractivity contribution >= 4 is 18.0 Å². The first-order valence-corrected chi connectivity index (χ1v) is 11.2. The number of hydrogen-bond donors (Lipinski definition) is 3. The van der Waals surface area contributed by atoms with Gasteiger partial charge in [0.2, 0.25) is 0 Å². The van der Waals surface area contributed by atoms with Crippen LogP contribution in [-0.2, 0) is 22.5 Å². The van der Waals surface area contributed by atoms with Crippen LogP contribution in [0.1, 0.15) is 62.5 Å². The number of nitrogens with zero attached hydrogens (tertiary/aromatic N) is 3. The van der Waals surface area contributed by atoms with E-state index in [0.717, 1.165) is 25.7 Å². The van der Waals surface area contributed by atoms with Gasteiger partial charge in [0.25, 0.3) is 5.91 Å². The van der Waals surface area contributed by atoms with Crippen LogP contribution >= 0.6 is 0 Å². The van der Waals surface area contributed by atoms with Crippen molar-refractivity contribution < 1.29 is 28.6 Å². The molecule has 0 spiro atoms. The summed E-state index contributed by atoms with van der Waals surface area (Å²) in [4.78, 5) is 35.5. The van der Waals surface area contributed by atoms with Gasteiger partial charge in [-0.2, -0.15) is 0 Å². The van der Waals surface area contributed by atoms with Gasteiger partial charge in [0.1, 0.15) is 17.5 Å². The van der Waals surface area contributed by atoms with Crippen LogP contribution in [0.15, 0.2) is 30.5 Å². The number of benzene rings is 1. The molecule has 3 N–H and O–H groups in total. The number of carboxylic acid groups (broad SMARTS) is 1. The number of carboxylic acids is 1. The van der Waals surface area contributed by atoms with Crippen LogP contribution in [0.5, 0.6) is 0 Å². The first kappa shape index (κ1) is 26.7. The summed E-state index contributed by atoms with van der Waals surface area (Å²) in [6.45, 7) is 6.52. The van der Waals surface area contributed by atoms with Crippen molar-refractivity contribution in [3.8, 4) is 0 Å². The normalized spacial score (nSPS) is 12.1. The summed E-state index contributed by atoms with van der Waals surface area (Å²) in [5.74, 6) is -2.27. The Hall–Kier alpha value is -3.50. The van der Waals surface area contributed by atoms with Gasteiger partial charge in [-0.05, 0) is 51.3 Å². The van der Waals surface area contributed by atoms with E-state index in [4.69, 9.17) is 4.74 Å². The Morgan fingerprint density at radius 3 is 2.44 bits per heavy atom. The Morgan fingerprint density at radius 1 is 1.12 bits per heavy atom. The second-order valence-electron chi connectivity index (χ2n) is 8.90. The van der Waals surface area contributed by atoms with Crippen LogP contribution in [0.2, 0.25) is 0 Å². The molecule has 0 fully saturated rings. The van der Waals surface area contributed by atoms with Gasteiger partial charge in [0.15, 0.2) is 5.69 Å². The molecule has 0 aliphatic carbocycles. The van der Waals surface area contributed by atoms with E-state index in [0.29, 0.717) is 18.7 Å². The van der Waals surface area contributed by atoms with Gasteiger partial charge in [-0.25, -0.2) is 14.0 Å². The fourth-order valence-electron chi connectivity index (χ4n) is 3.06. The summed E-state index contributed by atoms with van der Waals surface area (Å²) >= 11 is 0. The number of hydrogen-bond acceptors (Lipinski definition) is 6. The first-order chi connectivity index (χ1) is 16.0. The molecule has 1 atom stereocenters. The molecule has 1 aromatic heterocycles. The number of amides is 2. The van der Waals surface area contributed by atoms with Gasteiger partial charge >= 0.3 is 12.1 Å². The Bertz CT molecular complexity index is 955. The number of rotatable bonds is 12. The molecule has 34 heavy (non-hydrogen) atoms. The highest BCUT2D eigenvalue weighted by Crippen LogP contribution is 2.08. The average Bonchev–Trinajstić information content (AvgIpc) is 3.22. The Labute approximate surface area is 197 Å². The molecule has 0 bridgehead atoms. The van der Waals surface area contributed by atoms with Crippen LogP contribution in [0.4, 0.5) is 9.18 Å². The average molecular weight is 478 g/mol. The molecule has 2 rings (SSSR count). The minimum absolute atomic E-state index is 0.0122. The van der Waals surface area contributed by atoms with E-state index >= 15 is 0 Å². The summed E-state index contributed by atoms with van der Waals surface area (Å²) in [6.07, 6.45) is 4.48. The van der Waals surface area contributed by atoms with Crippen LogP contribution in [0, 0.1) is 5.82 Å². The lowest BCUT2D eigenvalue weighted by Gasteiger charge is -2.19. The molecule has 186 valence electrons. The molecule has 0 aliphatic rings. The number of carbonyl (C=O) groups excluding carboxylic acids is 2.